The Labute approximate surface area is 95.3 Å². The van der Waals surface area contributed by atoms with Gasteiger partial charge in [0.1, 0.15) is 0 Å². The molecular weight excluding hydrogens is 210 g/mol. The van der Waals surface area contributed by atoms with E-state index in [4.69, 9.17) is 16.7 Å². The topological polar surface area (TPSA) is 32.3 Å². The van der Waals surface area contributed by atoms with Gasteiger partial charge in [-0.25, -0.2) is 0 Å². The van der Waals surface area contributed by atoms with Gasteiger partial charge >= 0.3 is 0 Å². The van der Waals surface area contributed by atoms with Crippen molar-refractivity contribution < 1.29 is 5.11 Å². The van der Waals surface area contributed by atoms with E-state index < -0.39 is 0 Å². The second-order valence-electron chi connectivity index (χ2n) is 4.21. The van der Waals surface area contributed by atoms with E-state index in [9.17, 15) is 0 Å². The van der Waals surface area contributed by atoms with Crippen LogP contribution in [-0.4, -0.2) is 17.8 Å². The summed E-state index contributed by atoms with van der Waals surface area (Å²) in [4.78, 5) is 0. The molecule has 0 aromatic heterocycles. The van der Waals surface area contributed by atoms with Crippen molar-refractivity contribution in [3.63, 3.8) is 0 Å². The number of hydrogen-bond donors (Lipinski definition) is 2. The van der Waals surface area contributed by atoms with E-state index >= 15 is 0 Å². The Bertz CT molecular complexity index is 323. The fourth-order valence-corrected chi connectivity index (χ4v) is 2.12. The predicted molar refractivity (Wildman–Crippen MR) is 61.9 cm³/mol. The Balaban J connectivity index is 1.72. The average Bonchev–Trinajstić information content (AvgIpc) is 2.18. The van der Waals surface area contributed by atoms with Crippen molar-refractivity contribution in [1.82, 2.24) is 5.32 Å². The molecule has 2 rings (SSSR count). The second kappa shape index (κ2) is 4.97. The molecule has 2 nitrogen and oxygen atoms in total. The average molecular weight is 226 g/mol. The Hall–Kier alpha value is -0.570. The molecule has 0 heterocycles. The maximum absolute atomic E-state index is 9.13. The highest BCUT2D eigenvalue weighted by Crippen LogP contribution is 2.26. The molecular formula is C12H16ClNO. The van der Waals surface area contributed by atoms with Gasteiger partial charge in [0.15, 0.2) is 0 Å². The van der Waals surface area contributed by atoms with Crippen molar-refractivity contribution in [2.24, 2.45) is 5.92 Å². The molecule has 1 aliphatic rings. The molecule has 15 heavy (non-hydrogen) atoms. The van der Waals surface area contributed by atoms with Crippen LogP contribution >= 0.6 is 11.6 Å². The zero-order valence-corrected chi connectivity index (χ0v) is 9.37. The normalized spacial score (nSPS) is 24.9. The van der Waals surface area contributed by atoms with Crippen LogP contribution in [-0.2, 0) is 6.54 Å². The van der Waals surface area contributed by atoms with Crippen LogP contribution in [0.1, 0.15) is 18.4 Å². The van der Waals surface area contributed by atoms with E-state index in [1.165, 1.54) is 0 Å². The van der Waals surface area contributed by atoms with Gasteiger partial charge in [0.2, 0.25) is 0 Å². The number of aliphatic hydroxyl groups excluding tert-OH is 1. The summed E-state index contributed by atoms with van der Waals surface area (Å²) >= 11 is 6.03. The highest BCUT2D eigenvalue weighted by atomic mass is 35.5. The number of benzene rings is 1. The molecule has 0 atom stereocenters. The zero-order valence-electron chi connectivity index (χ0n) is 8.62. The molecule has 1 aliphatic carbocycles. The third-order valence-electron chi connectivity index (χ3n) is 2.92. The third-order valence-corrected chi connectivity index (χ3v) is 3.29. The van der Waals surface area contributed by atoms with Gasteiger partial charge in [-0.1, -0.05) is 29.8 Å². The van der Waals surface area contributed by atoms with Crippen LogP contribution in [0.2, 0.25) is 5.02 Å². The van der Waals surface area contributed by atoms with Crippen LogP contribution in [0.15, 0.2) is 24.3 Å². The molecule has 1 fully saturated rings. The van der Waals surface area contributed by atoms with Gasteiger partial charge in [-0.15, -0.1) is 0 Å². The lowest BCUT2D eigenvalue weighted by atomic mass is 9.82. The minimum atomic E-state index is -0.0582. The first-order valence-electron chi connectivity index (χ1n) is 5.38. The highest BCUT2D eigenvalue weighted by Gasteiger charge is 2.26. The molecule has 0 aliphatic heterocycles. The Kier molecular flexibility index (Phi) is 3.62. The van der Waals surface area contributed by atoms with Crippen LogP contribution in [0.25, 0.3) is 0 Å². The van der Waals surface area contributed by atoms with Gasteiger partial charge in [-0.05, 0) is 36.9 Å². The number of rotatable bonds is 4. The first-order valence-corrected chi connectivity index (χ1v) is 5.75. The van der Waals surface area contributed by atoms with Crippen molar-refractivity contribution >= 4 is 11.6 Å². The van der Waals surface area contributed by atoms with E-state index in [0.29, 0.717) is 5.92 Å². The van der Waals surface area contributed by atoms with Crippen molar-refractivity contribution in [3.8, 4) is 0 Å². The fourth-order valence-electron chi connectivity index (χ4n) is 1.92. The maximum Gasteiger partial charge on any atom is 0.0546 e. The van der Waals surface area contributed by atoms with E-state index in [2.05, 4.69) is 5.32 Å². The minimum absolute atomic E-state index is 0.0582. The van der Waals surface area contributed by atoms with Crippen LogP contribution in [0.4, 0.5) is 0 Å². The first-order chi connectivity index (χ1) is 7.25. The van der Waals surface area contributed by atoms with Crippen molar-refractivity contribution in [2.75, 3.05) is 6.54 Å². The third kappa shape index (κ3) is 2.94. The van der Waals surface area contributed by atoms with Crippen LogP contribution in [0.5, 0.6) is 0 Å². The summed E-state index contributed by atoms with van der Waals surface area (Å²) < 4.78 is 0. The molecule has 0 radical (unpaired) electrons. The number of halogens is 1. The SMILES string of the molecule is OC1CC(CNCc2ccccc2Cl)C1. The van der Waals surface area contributed by atoms with Gasteiger partial charge in [0.25, 0.3) is 0 Å². The predicted octanol–water partition coefficient (Wildman–Crippen LogP) is 2.20. The molecule has 2 N–H and O–H groups in total. The standard InChI is InChI=1S/C12H16ClNO/c13-12-4-2-1-3-10(12)8-14-7-9-5-11(15)6-9/h1-4,9,11,14-15H,5-8H2. The summed E-state index contributed by atoms with van der Waals surface area (Å²) in [5.74, 6) is 0.641. The summed E-state index contributed by atoms with van der Waals surface area (Å²) in [5.41, 5.74) is 1.14. The molecule has 0 unspecified atom stereocenters. The van der Waals surface area contributed by atoms with Crippen molar-refractivity contribution in [1.29, 1.82) is 0 Å². The number of hydrogen-bond acceptors (Lipinski definition) is 2. The lowest BCUT2D eigenvalue weighted by Gasteiger charge is -2.31. The Morgan fingerprint density at radius 3 is 2.73 bits per heavy atom. The quantitative estimate of drug-likeness (QED) is 0.824. The molecule has 0 spiro atoms. The Morgan fingerprint density at radius 1 is 1.33 bits per heavy atom. The second-order valence-corrected chi connectivity index (χ2v) is 4.62. The number of nitrogens with one attached hydrogen (secondary N) is 1. The lowest BCUT2D eigenvalue weighted by molar-refractivity contribution is 0.0430. The van der Waals surface area contributed by atoms with Crippen molar-refractivity contribution in [2.45, 2.75) is 25.5 Å². The first kappa shape index (κ1) is 10.9. The summed E-state index contributed by atoms with van der Waals surface area (Å²) in [6, 6.07) is 7.88. The largest absolute Gasteiger partial charge is 0.393 e. The molecule has 0 bridgehead atoms. The van der Waals surface area contributed by atoms with Crippen LogP contribution in [0, 0.1) is 5.92 Å². The maximum atomic E-state index is 9.13. The fraction of sp³-hybridized carbons (Fsp3) is 0.500. The van der Waals surface area contributed by atoms with Gasteiger partial charge in [-0.3, -0.25) is 0 Å². The van der Waals surface area contributed by atoms with E-state index in [-0.39, 0.29) is 6.10 Å². The van der Waals surface area contributed by atoms with Gasteiger partial charge in [-0.2, -0.15) is 0 Å². The van der Waals surface area contributed by atoms with Crippen LogP contribution in [0.3, 0.4) is 0 Å². The molecule has 1 aromatic carbocycles. The van der Waals surface area contributed by atoms with Gasteiger partial charge in [0.05, 0.1) is 6.10 Å². The van der Waals surface area contributed by atoms with E-state index in [1.807, 2.05) is 24.3 Å². The minimum Gasteiger partial charge on any atom is -0.393 e. The van der Waals surface area contributed by atoms with Gasteiger partial charge in [0, 0.05) is 11.6 Å². The zero-order chi connectivity index (χ0) is 10.7. The summed E-state index contributed by atoms with van der Waals surface area (Å²) in [6.07, 6.45) is 1.82. The Morgan fingerprint density at radius 2 is 2.07 bits per heavy atom. The summed E-state index contributed by atoms with van der Waals surface area (Å²) in [6.45, 7) is 1.79. The monoisotopic (exact) mass is 225 g/mol. The molecule has 3 heteroatoms. The number of aliphatic hydroxyl groups is 1. The molecule has 0 amide bonds. The molecule has 1 saturated carbocycles. The molecule has 0 saturated heterocycles. The van der Waals surface area contributed by atoms with Crippen LogP contribution < -0.4 is 5.32 Å². The van der Waals surface area contributed by atoms with Crippen molar-refractivity contribution in [3.05, 3.63) is 34.9 Å². The molecule has 1 aromatic rings. The van der Waals surface area contributed by atoms with Gasteiger partial charge < -0.3 is 10.4 Å². The smallest absolute Gasteiger partial charge is 0.0546 e. The highest BCUT2D eigenvalue weighted by molar-refractivity contribution is 6.31. The summed E-state index contributed by atoms with van der Waals surface area (Å²) in [5, 5.41) is 13.3. The van der Waals surface area contributed by atoms with E-state index in [0.717, 1.165) is 36.5 Å². The molecule has 82 valence electrons. The lowest BCUT2D eigenvalue weighted by Crippen LogP contribution is -2.35. The summed E-state index contributed by atoms with van der Waals surface area (Å²) in [7, 11) is 0. The van der Waals surface area contributed by atoms with E-state index in [1.54, 1.807) is 0 Å².